The molecule has 1 aliphatic heterocycles. The zero-order valence-corrected chi connectivity index (χ0v) is 16.1. The first-order valence-electron chi connectivity index (χ1n) is 9.56. The second kappa shape index (κ2) is 8.03. The van der Waals surface area contributed by atoms with Crippen LogP contribution in [0.3, 0.4) is 0 Å². The number of piperidine rings is 1. The van der Waals surface area contributed by atoms with Gasteiger partial charge in [-0.15, -0.1) is 0 Å². The summed E-state index contributed by atoms with van der Waals surface area (Å²) < 4.78 is 42.8. The van der Waals surface area contributed by atoms with Crippen LogP contribution >= 0.6 is 0 Å². The molecule has 4 rings (SSSR count). The first-order valence-corrected chi connectivity index (χ1v) is 9.56. The van der Waals surface area contributed by atoms with Gasteiger partial charge in [0.1, 0.15) is 5.75 Å². The third-order valence-electron chi connectivity index (χ3n) is 5.20. The summed E-state index contributed by atoms with van der Waals surface area (Å²) in [6.45, 7) is 1.75. The highest BCUT2D eigenvalue weighted by Crippen LogP contribution is 2.44. The van der Waals surface area contributed by atoms with Crippen LogP contribution in [0.2, 0.25) is 0 Å². The number of aromatic nitrogens is 2. The summed E-state index contributed by atoms with van der Waals surface area (Å²) in [6, 6.07) is 8.70. The van der Waals surface area contributed by atoms with Crippen molar-refractivity contribution >= 4 is 16.7 Å². The van der Waals surface area contributed by atoms with Crippen molar-refractivity contribution in [1.82, 2.24) is 15.5 Å². The number of nitrogens with zero attached hydrogens (tertiary/aromatic N) is 2. The maximum atomic E-state index is 12.8. The Hall–Kier alpha value is -3.40. The van der Waals surface area contributed by atoms with E-state index < -0.39 is 23.6 Å². The molecule has 0 bridgehead atoms. The minimum Gasteiger partial charge on any atom is -0.508 e. The molecule has 0 unspecified atom stereocenters. The lowest BCUT2D eigenvalue weighted by Gasteiger charge is -2.21. The number of hydrogen-bond donors (Lipinski definition) is 3. The molecule has 162 valence electrons. The molecule has 0 radical (unpaired) electrons. The number of rotatable bonds is 3. The second-order valence-electron chi connectivity index (χ2n) is 7.26. The Morgan fingerprint density at radius 1 is 1.06 bits per heavy atom. The highest BCUT2D eigenvalue weighted by molar-refractivity contribution is 5.98. The van der Waals surface area contributed by atoms with E-state index in [1.54, 1.807) is 12.1 Å². The number of esters is 1. The molecular formula is C21H18F3N3O4. The molecule has 7 nitrogen and oxygen atoms in total. The lowest BCUT2D eigenvalue weighted by atomic mass is 9.94. The largest absolute Gasteiger partial charge is 0.508 e. The van der Waals surface area contributed by atoms with Crippen LogP contribution in [-0.4, -0.2) is 45.6 Å². The van der Waals surface area contributed by atoms with Crippen molar-refractivity contribution < 1.29 is 32.9 Å². The maximum Gasteiger partial charge on any atom is 0.491 e. The summed E-state index contributed by atoms with van der Waals surface area (Å²) in [5.41, 5.74) is 1.04. The summed E-state index contributed by atoms with van der Waals surface area (Å²) in [5.74, 6) is -3.93. The standard InChI is InChI=1S/C21H18F3N3O4/c22-21(23,24)20(30)31-19-14-10-13(28)2-1-12(14)9-15(18(19)29)17-4-3-16(26-27-17)11-5-7-25-8-6-11/h1-4,9-11,25,28-29H,5-8H2. The molecule has 2 heterocycles. The number of carbonyl (C=O) groups excluding carboxylic acids is 1. The summed E-state index contributed by atoms with van der Waals surface area (Å²) in [7, 11) is 0. The van der Waals surface area contributed by atoms with E-state index in [9.17, 15) is 28.2 Å². The fourth-order valence-corrected chi connectivity index (χ4v) is 3.61. The number of nitrogens with one attached hydrogen (secondary N) is 1. The van der Waals surface area contributed by atoms with Crippen LogP contribution in [0.25, 0.3) is 22.0 Å². The smallest absolute Gasteiger partial charge is 0.491 e. The molecule has 1 aliphatic rings. The predicted octanol–water partition coefficient (Wildman–Crippen LogP) is 3.64. The van der Waals surface area contributed by atoms with Gasteiger partial charge in [0.15, 0.2) is 11.5 Å². The van der Waals surface area contributed by atoms with E-state index >= 15 is 0 Å². The van der Waals surface area contributed by atoms with Crippen molar-refractivity contribution in [3.05, 3.63) is 42.1 Å². The van der Waals surface area contributed by atoms with Crippen LogP contribution in [0, 0.1) is 0 Å². The number of fused-ring (bicyclic) bond motifs is 1. The van der Waals surface area contributed by atoms with Crippen LogP contribution in [0.1, 0.15) is 24.5 Å². The molecule has 2 aromatic carbocycles. The van der Waals surface area contributed by atoms with Crippen LogP contribution in [0.5, 0.6) is 17.2 Å². The number of aromatic hydroxyl groups is 2. The monoisotopic (exact) mass is 433 g/mol. The molecular weight excluding hydrogens is 415 g/mol. The second-order valence-corrected chi connectivity index (χ2v) is 7.26. The Balaban J connectivity index is 1.78. The van der Waals surface area contributed by atoms with Gasteiger partial charge in [-0.3, -0.25) is 0 Å². The number of phenols is 2. The van der Waals surface area contributed by atoms with Gasteiger partial charge < -0.3 is 20.3 Å². The fraction of sp³-hybridized carbons (Fsp3) is 0.286. The van der Waals surface area contributed by atoms with Gasteiger partial charge in [-0.2, -0.15) is 23.4 Å². The van der Waals surface area contributed by atoms with Gasteiger partial charge in [0.05, 0.1) is 11.4 Å². The molecule has 3 N–H and O–H groups in total. The Bertz CT molecular complexity index is 1130. The molecule has 31 heavy (non-hydrogen) atoms. The van der Waals surface area contributed by atoms with Crippen LogP contribution in [0.15, 0.2) is 36.4 Å². The van der Waals surface area contributed by atoms with Gasteiger partial charge in [-0.25, -0.2) is 4.79 Å². The van der Waals surface area contributed by atoms with Gasteiger partial charge in [-0.05, 0) is 61.6 Å². The molecule has 1 saturated heterocycles. The minimum atomic E-state index is -5.26. The maximum absolute atomic E-state index is 12.8. The highest BCUT2D eigenvalue weighted by Gasteiger charge is 2.42. The van der Waals surface area contributed by atoms with E-state index in [0.29, 0.717) is 5.39 Å². The normalized spacial score (nSPS) is 15.2. The van der Waals surface area contributed by atoms with Crippen molar-refractivity contribution in [2.24, 2.45) is 0 Å². The number of ether oxygens (including phenoxy) is 1. The third kappa shape index (κ3) is 4.24. The number of carbonyl (C=O) groups is 1. The van der Waals surface area contributed by atoms with E-state index in [1.165, 1.54) is 18.2 Å². The molecule has 0 atom stereocenters. The number of benzene rings is 2. The summed E-state index contributed by atoms with van der Waals surface area (Å²) >= 11 is 0. The molecule has 3 aromatic rings. The van der Waals surface area contributed by atoms with Crippen LogP contribution < -0.4 is 10.1 Å². The van der Waals surface area contributed by atoms with Gasteiger partial charge in [-0.1, -0.05) is 6.07 Å². The van der Waals surface area contributed by atoms with E-state index in [0.717, 1.165) is 37.7 Å². The first kappa shape index (κ1) is 20.9. The first-order chi connectivity index (χ1) is 14.7. The number of alkyl halides is 3. The summed E-state index contributed by atoms with van der Waals surface area (Å²) in [6.07, 6.45) is -3.44. The Labute approximate surface area is 174 Å². The fourth-order valence-electron chi connectivity index (χ4n) is 3.61. The molecule has 0 aliphatic carbocycles. The lowest BCUT2D eigenvalue weighted by Crippen LogP contribution is -2.28. The zero-order valence-electron chi connectivity index (χ0n) is 16.1. The van der Waals surface area contributed by atoms with Gasteiger partial charge in [0.2, 0.25) is 0 Å². The molecule has 10 heteroatoms. The van der Waals surface area contributed by atoms with Gasteiger partial charge >= 0.3 is 12.1 Å². The van der Waals surface area contributed by atoms with Crippen molar-refractivity contribution in [3.8, 4) is 28.5 Å². The Morgan fingerprint density at radius 3 is 2.45 bits per heavy atom. The lowest BCUT2D eigenvalue weighted by molar-refractivity contribution is -0.189. The van der Waals surface area contributed by atoms with Crippen LogP contribution in [0.4, 0.5) is 13.2 Å². The SMILES string of the molecule is O=C(Oc1c(O)c(-c2ccc(C3CCNCC3)nn2)cc2ccc(O)cc12)C(F)(F)F. The average Bonchev–Trinajstić information content (AvgIpc) is 2.75. The topological polar surface area (TPSA) is 105 Å². The summed E-state index contributed by atoms with van der Waals surface area (Å²) in [5, 5.41) is 32.3. The molecule has 0 spiro atoms. The molecule has 1 fully saturated rings. The van der Waals surface area contributed by atoms with Crippen molar-refractivity contribution in [2.45, 2.75) is 24.9 Å². The average molecular weight is 433 g/mol. The van der Waals surface area contributed by atoms with E-state index in [-0.39, 0.29) is 28.3 Å². The summed E-state index contributed by atoms with van der Waals surface area (Å²) in [4.78, 5) is 11.4. The minimum absolute atomic E-state index is 0.0486. The van der Waals surface area contributed by atoms with E-state index in [4.69, 9.17) is 0 Å². The van der Waals surface area contributed by atoms with Crippen molar-refractivity contribution in [1.29, 1.82) is 0 Å². The van der Waals surface area contributed by atoms with Gasteiger partial charge in [0.25, 0.3) is 0 Å². The third-order valence-corrected chi connectivity index (χ3v) is 5.20. The molecule has 0 saturated carbocycles. The number of phenolic OH excluding ortho intramolecular Hbond substituents is 2. The van der Waals surface area contributed by atoms with Gasteiger partial charge in [0, 0.05) is 16.9 Å². The Kier molecular flexibility index (Phi) is 5.40. The molecule has 0 amide bonds. The van der Waals surface area contributed by atoms with E-state index in [1.807, 2.05) is 0 Å². The molecule has 1 aromatic heterocycles. The quantitative estimate of drug-likeness (QED) is 0.428. The predicted molar refractivity (Wildman–Crippen MR) is 105 cm³/mol. The Morgan fingerprint density at radius 2 is 1.81 bits per heavy atom. The van der Waals surface area contributed by atoms with E-state index in [2.05, 4.69) is 20.3 Å². The van der Waals surface area contributed by atoms with Crippen LogP contribution in [-0.2, 0) is 4.79 Å². The zero-order chi connectivity index (χ0) is 22.2. The highest BCUT2D eigenvalue weighted by atomic mass is 19.4. The van der Waals surface area contributed by atoms with Crippen molar-refractivity contribution in [3.63, 3.8) is 0 Å². The number of halogens is 3. The number of hydrogen-bond acceptors (Lipinski definition) is 7. The van der Waals surface area contributed by atoms with Crippen molar-refractivity contribution in [2.75, 3.05) is 13.1 Å².